The van der Waals surface area contributed by atoms with E-state index >= 15 is 0 Å². The van der Waals surface area contributed by atoms with Crippen molar-refractivity contribution in [2.24, 2.45) is 0 Å². The number of nitrogens with zero attached hydrogens (tertiary/aromatic N) is 1. The van der Waals surface area contributed by atoms with Crippen LogP contribution in [0.3, 0.4) is 0 Å². The fourth-order valence-corrected chi connectivity index (χ4v) is 3.50. The van der Waals surface area contributed by atoms with Crippen LogP contribution in [0.1, 0.15) is 36.8 Å². The Morgan fingerprint density at radius 3 is 2.44 bits per heavy atom. The first-order valence-electron chi connectivity index (χ1n) is 8.29. The van der Waals surface area contributed by atoms with Crippen LogP contribution in [0.15, 0.2) is 48.5 Å². The molecule has 0 saturated heterocycles. The summed E-state index contributed by atoms with van der Waals surface area (Å²) in [4.78, 5) is 23.1. The molecule has 0 radical (unpaired) electrons. The van der Waals surface area contributed by atoms with Gasteiger partial charge < -0.3 is 5.32 Å². The molecule has 5 nitrogen and oxygen atoms in total. The maximum absolute atomic E-state index is 13.6. The molecule has 2 aromatic carbocycles. The number of halogens is 1. The largest absolute Gasteiger partial charge is 0.351 e. The smallest absolute Gasteiger partial charge is 0.269 e. The Bertz CT molecular complexity index is 784. The molecule has 0 heterocycles. The summed E-state index contributed by atoms with van der Waals surface area (Å²) in [6.45, 7) is 0.286. The first-order chi connectivity index (χ1) is 12.0. The highest BCUT2D eigenvalue weighted by atomic mass is 19.1. The van der Waals surface area contributed by atoms with Crippen LogP contribution in [-0.2, 0) is 16.8 Å². The third kappa shape index (κ3) is 3.52. The van der Waals surface area contributed by atoms with E-state index in [-0.39, 0.29) is 24.0 Å². The SMILES string of the molecule is O=C(NCc1ccc([N+](=O)[O-])cc1)C1(c2cccc(F)c2)CCCC1. The minimum absolute atomic E-state index is 0.0158. The van der Waals surface area contributed by atoms with Crippen LogP contribution >= 0.6 is 0 Å². The molecule has 1 amide bonds. The van der Waals surface area contributed by atoms with Crippen molar-refractivity contribution in [3.63, 3.8) is 0 Å². The van der Waals surface area contributed by atoms with Crippen molar-refractivity contribution < 1.29 is 14.1 Å². The van der Waals surface area contributed by atoms with E-state index in [2.05, 4.69) is 5.32 Å². The van der Waals surface area contributed by atoms with Crippen LogP contribution in [0.5, 0.6) is 0 Å². The number of nitrogens with one attached hydrogen (secondary N) is 1. The number of non-ortho nitro benzene ring substituents is 1. The summed E-state index contributed by atoms with van der Waals surface area (Å²) < 4.78 is 13.6. The monoisotopic (exact) mass is 342 g/mol. The van der Waals surface area contributed by atoms with Crippen LogP contribution in [0, 0.1) is 15.9 Å². The number of rotatable bonds is 5. The second-order valence-electron chi connectivity index (χ2n) is 6.41. The Hall–Kier alpha value is -2.76. The molecule has 0 unspecified atom stereocenters. The number of carbonyl (C=O) groups excluding carboxylic acids is 1. The molecular formula is C19H19FN2O3. The average Bonchev–Trinajstić information content (AvgIpc) is 3.11. The van der Waals surface area contributed by atoms with Gasteiger partial charge in [-0.3, -0.25) is 14.9 Å². The van der Waals surface area contributed by atoms with E-state index in [1.54, 1.807) is 24.3 Å². The molecule has 1 aliphatic rings. The van der Waals surface area contributed by atoms with Crippen LogP contribution in [-0.4, -0.2) is 10.8 Å². The zero-order valence-corrected chi connectivity index (χ0v) is 13.7. The molecule has 1 fully saturated rings. The fourth-order valence-electron chi connectivity index (χ4n) is 3.50. The van der Waals surface area contributed by atoms with Crippen molar-refractivity contribution in [3.8, 4) is 0 Å². The Kier molecular flexibility index (Phi) is 4.79. The molecule has 1 aliphatic carbocycles. The summed E-state index contributed by atoms with van der Waals surface area (Å²) in [5, 5.41) is 13.6. The molecular weight excluding hydrogens is 323 g/mol. The third-order valence-electron chi connectivity index (χ3n) is 4.87. The van der Waals surface area contributed by atoms with Crippen LogP contribution in [0.4, 0.5) is 10.1 Å². The van der Waals surface area contributed by atoms with E-state index in [1.165, 1.54) is 24.3 Å². The van der Waals surface area contributed by atoms with Gasteiger partial charge in [-0.25, -0.2) is 4.39 Å². The first kappa shape index (κ1) is 17.1. The summed E-state index contributed by atoms with van der Waals surface area (Å²) >= 11 is 0. The van der Waals surface area contributed by atoms with Gasteiger partial charge in [0.25, 0.3) is 5.69 Å². The number of nitro benzene ring substituents is 1. The highest BCUT2D eigenvalue weighted by Gasteiger charge is 2.42. The van der Waals surface area contributed by atoms with Crippen molar-refractivity contribution >= 4 is 11.6 Å². The molecule has 130 valence electrons. The number of carbonyl (C=O) groups is 1. The van der Waals surface area contributed by atoms with Gasteiger partial charge in [0.05, 0.1) is 10.3 Å². The van der Waals surface area contributed by atoms with Crippen molar-refractivity contribution in [3.05, 3.63) is 75.6 Å². The zero-order valence-electron chi connectivity index (χ0n) is 13.7. The zero-order chi connectivity index (χ0) is 17.9. The molecule has 0 aliphatic heterocycles. The average molecular weight is 342 g/mol. The van der Waals surface area contributed by atoms with Gasteiger partial charge in [0, 0.05) is 18.7 Å². The number of nitro groups is 1. The summed E-state index contributed by atoms with van der Waals surface area (Å²) in [5.74, 6) is -0.458. The summed E-state index contributed by atoms with van der Waals surface area (Å²) in [6.07, 6.45) is 3.26. The van der Waals surface area contributed by atoms with Gasteiger partial charge in [0.2, 0.25) is 5.91 Å². The first-order valence-corrected chi connectivity index (χ1v) is 8.29. The molecule has 0 spiro atoms. The summed E-state index contributed by atoms with van der Waals surface area (Å²) in [7, 11) is 0. The highest BCUT2D eigenvalue weighted by molar-refractivity contribution is 5.88. The second-order valence-corrected chi connectivity index (χ2v) is 6.41. The van der Waals surface area contributed by atoms with E-state index in [4.69, 9.17) is 0 Å². The van der Waals surface area contributed by atoms with Gasteiger partial charge in [0.1, 0.15) is 5.82 Å². The topological polar surface area (TPSA) is 72.2 Å². The minimum Gasteiger partial charge on any atom is -0.351 e. The van der Waals surface area contributed by atoms with Gasteiger partial charge in [-0.15, -0.1) is 0 Å². The maximum atomic E-state index is 13.6. The van der Waals surface area contributed by atoms with Crippen LogP contribution in [0.25, 0.3) is 0 Å². The highest BCUT2D eigenvalue weighted by Crippen LogP contribution is 2.41. The van der Waals surface area contributed by atoms with Gasteiger partial charge in [0.15, 0.2) is 0 Å². The van der Waals surface area contributed by atoms with Gasteiger partial charge in [-0.2, -0.15) is 0 Å². The molecule has 3 rings (SSSR count). The predicted molar refractivity (Wildman–Crippen MR) is 91.5 cm³/mol. The summed E-state index contributed by atoms with van der Waals surface area (Å²) in [6, 6.07) is 12.3. The van der Waals surface area contributed by atoms with Crippen LogP contribution < -0.4 is 5.32 Å². The minimum atomic E-state index is -0.692. The van der Waals surface area contributed by atoms with E-state index < -0.39 is 10.3 Å². The second kappa shape index (κ2) is 7.01. The van der Waals surface area contributed by atoms with Crippen molar-refractivity contribution in [2.45, 2.75) is 37.6 Å². The molecule has 0 aromatic heterocycles. The Morgan fingerprint density at radius 1 is 1.16 bits per heavy atom. The number of hydrogen-bond donors (Lipinski definition) is 1. The molecule has 0 atom stereocenters. The van der Waals surface area contributed by atoms with E-state index in [0.29, 0.717) is 18.4 Å². The van der Waals surface area contributed by atoms with Gasteiger partial charge in [-0.05, 0) is 36.1 Å². The molecule has 6 heteroatoms. The van der Waals surface area contributed by atoms with Gasteiger partial charge >= 0.3 is 0 Å². The lowest BCUT2D eigenvalue weighted by Gasteiger charge is -2.28. The van der Waals surface area contributed by atoms with E-state index in [1.807, 2.05) is 0 Å². The Morgan fingerprint density at radius 2 is 1.84 bits per heavy atom. The normalized spacial score (nSPS) is 15.7. The van der Waals surface area contributed by atoms with Crippen LogP contribution in [0.2, 0.25) is 0 Å². The lowest BCUT2D eigenvalue weighted by molar-refractivity contribution is -0.384. The Balaban J connectivity index is 1.74. The Labute approximate surface area is 145 Å². The quantitative estimate of drug-likeness (QED) is 0.662. The molecule has 2 aromatic rings. The molecule has 25 heavy (non-hydrogen) atoms. The third-order valence-corrected chi connectivity index (χ3v) is 4.87. The number of hydrogen-bond acceptors (Lipinski definition) is 3. The number of amides is 1. The van der Waals surface area contributed by atoms with E-state index in [0.717, 1.165) is 18.4 Å². The van der Waals surface area contributed by atoms with Crippen molar-refractivity contribution in [1.82, 2.24) is 5.32 Å². The standard InChI is InChI=1S/C19H19FN2O3/c20-16-5-3-4-15(12-16)19(10-1-2-11-19)18(23)21-13-14-6-8-17(9-7-14)22(24)25/h3-9,12H,1-2,10-11,13H2,(H,21,23). The molecule has 1 saturated carbocycles. The lowest BCUT2D eigenvalue weighted by Crippen LogP contribution is -2.42. The predicted octanol–water partition coefficient (Wildman–Crippen LogP) is 3.86. The molecule has 1 N–H and O–H groups in total. The van der Waals surface area contributed by atoms with E-state index in [9.17, 15) is 19.3 Å². The number of benzene rings is 2. The van der Waals surface area contributed by atoms with Crippen molar-refractivity contribution in [1.29, 1.82) is 0 Å². The lowest BCUT2D eigenvalue weighted by atomic mass is 9.78. The van der Waals surface area contributed by atoms with Gasteiger partial charge in [-0.1, -0.05) is 37.1 Å². The molecule has 0 bridgehead atoms. The maximum Gasteiger partial charge on any atom is 0.269 e. The summed E-state index contributed by atoms with van der Waals surface area (Å²) in [5.41, 5.74) is 0.822. The van der Waals surface area contributed by atoms with Crippen molar-refractivity contribution in [2.75, 3.05) is 0 Å². The fraction of sp³-hybridized carbons (Fsp3) is 0.316.